The molecule has 1 amide bonds. The molecule has 0 fully saturated rings. The molecule has 2 aromatic rings. The van der Waals surface area contributed by atoms with Crippen molar-refractivity contribution in [3.05, 3.63) is 40.5 Å². The van der Waals surface area contributed by atoms with Crippen molar-refractivity contribution in [2.75, 3.05) is 0 Å². The molecule has 1 aromatic heterocycles. The Morgan fingerprint density at radius 3 is 2.88 bits per heavy atom. The molecular formula is C15H13BrF2N4O2. The van der Waals surface area contributed by atoms with Gasteiger partial charge in [-0.15, -0.1) is 0 Å². The van der Waals surface area contributed by atoms with Crippen LogP contribution in [-0.4, -0.2) is 44.1 Å². The van der Waals surface area contributed by atoms with E-state index in [4.69, 9.17) is 0 Å². The number of rotatable bonds is 3. The number of alkyl halides is 2. The molecule has 1 aliphatic heterocycles. The molecule has 0 aliphatic carbocycles. The van der Waals surface area contributed by atoms with Crippen molar-refractivity contribution in [1.29, 1.82) is 0 Å². The van der Waals surface area contributed by atoms with Crippen molar-refractivity contribution in [3.8, 4) is 11.3 Å². The molecule has 0 saturated heterocycles. The topological polar surface area (TPSA) is 81.6 Å². The molecular weight excluding hydrogens is 386 g/mol. The summed E-state index contributed by atoms with van der Waals surface area (Å²) in [4.78, 5) is 12.5. The van der Waals surface area contributed by atoms with Crippen molar-refractivity contribution < 1.29 is 18.7 Å². The molecule has 0 radical (unpaired) electrons. The Labute approximate surface area is 144 Å². The smallest absolute Gasteiger partial charge is 0.294 e. The average Bonchev–Trinajstić information content (AvgIpc) is 3.12. The van der Waals surface area contributed by atoms with Crippen LogP contribution in [-0.2, 0) is 0 Å². The lowest BCUT2D eigenvalue weighted by atomic mass is 10.1. The van der Waals surface area contributed by atoms with Gasteiger partial charge in [0.05, 0.1) is 5.69 Å². The number of halogens is 3. The number of benzene rings is 1. The number of aromatic nitrogens is 2. The van der Waals surface area contributed by atoms with Gasteiger partial charge in [0.15, 0.2) is 0 Å². The van der Waals surface area contributed by atoms with E-state index in [1.165, 1.54) is 13.0 Å². The van der Waals surface area contributed by atoms with Crippen LogP contribution in [0.4, 0.5) is 8.78 Å². The highest BCUT2D eigenvalue weighted by Gasteiger charge is 2.51. The number of carbonyl (C=O) groups is 1. The summed E-state index contributed by atoms with van der Waals surface area (Å²) in [6.45, 7) is 1.47. The number of aromatic amines is 1. The van der Waals surface area contributed by atoms with E-state index >= 15 is 0 Å². The molecule has 126 valence electrons. The lowest BCUT2D eigenvalue weighted by Gasteiger charge is -2.29. The second-order valence-electron chi connectivity index (χ2n) is 5.49. The number of hydrogen-bond donors (Lipinski definition) is 2. The first-order valence-electron chi connectivity index (χ1n) is 7.02. The third-order valence-corrected chi connectivity index (χ3v) is 4.12. The van der Waals surface area contributed by atoms with Gasteiger partial charge >= 0.3 is 0 Å². The summed E-state index contributed by atoms with van der Waals surface area (Å²) < 4.78 is 27.2. The van der Waals surface area contributed by atoms with Crippen LogP contribution in [0.2, 0.25) is 0 Å². The summed E-state index contributed by atoms with van der Waals surface area (Å²) in [5.74, 6) is -0.872. The minimum atomic E-state index is -3.14. The molecule has 2 N–H and O–H groups in total. The van der Waals surface area contributed by atoms with Crippen LogP contribution in [0.5, 0.6) is 0 Å². The van der Waals surface area contributed by atoms with Gasteiger partial charge in [-0.1, -0.05) is 28.1 Å². The highest BCUT2D eigenvalue weighted by molar-refractivity contribution is 9.10. The van der Waals surface area contributed by atoms with Crippen molar-refractivity contribution in [3.63, 3.8) is 0 Å². The third kappa shape index (κ3) is 2.84. The highest BCUT2D eigenvalue weighted by Crippen LogP contribution is 2.32. The molecule has 0 bridgehead atoms. The average molecular weight is 399 g/mol. The molecule has 0 unspecified atom stereocenters. The zero-order chi connectivity index (χ0) is 17.5. The summed E-state index contributed by atoms with van der Waals surface area (Å²) in [7, 11) is 0. The number of amides is 1. The predicted molar refractivity (Wildman–Crippen MR) is 86.6 cm³/mol. The lowest BCUT2D eigenvalue weighted by Crippen LogP contribution is -2.51. The van der Waals surface area contributed by atoms with Gasteiger partial charge in [-0.2, -0.15) is 15.2 Å². The standard InChI is InChI=1S/C15H13BrF2N4O2/c1-8-7-15(24,14(17)18)22(21-8)13(23)12-6-11(19-20-12)9-3-2-4-10(16)5-9/h2-6,14,24H,7H2,1H3,(H,19,20)/t15-/m0/s1. The zero-order valence-electron chi connectivity index (χ0n) is 12.5. The van der Waals surface area contributed by atoms with Crippen LogP contribution in [0.25, 0.3) is 11.3 Å². The number of aliphatic hydroxyl groups is 1. The summed E-state index contributed by atoms with van der Waals surface area (Å²) in [6.07, 6.45) is -3.54. The summed E-state index contributed by atoms with van der Waals surface area (Å²) in [6, 6.07) is 8.67. The normalized spacial score (nSPS) is 20.6. The van der Waals surface area contributed by atoms with Gasteiger partial charge in [0.1, 0.15) is 5.69 Å². The maximum absolute atomic E-state index is 13.2. The van der Waals surface area contributed by atoms with E-state index in [1.54, 1.807) is 18.2 Å². The van der Waals surface area contributed by atoms with Crippen molar-refractivity contribution in [2.45, 2.75) is 25.5 Å². The first kappa shape index (κ1) is 16.7. The molecule has 1 aliphatic rings. The van der Waals surface area contributed by atoms with Gasteiger partial charge in [-0.3, -0.25) is 9.89 Å². The first-order valence-corrected chi connectivity index (χ1v) is 7.81. The molecule has 1 atom stereocenters. The van der Waals surface area contributed by atoms with Gasteiger partial charge in [0.25, 0.3) is 12.3 Å². The Hall–Kier alpha value is -2.13. The van der Waals surface area contributed by atoms with Crippen LogP contribution >= 0.6 is 15.9 Å². The van der Waals surface area contributed by atoms with Crippen LogP contribution in [0.3, 0.4) is 0 Å². The fourth-order valence-corrected chi connectivity index (χ4v) is 2.88. The minimum absolute atomic E-state index is 0.0394. The summed E-state index contributed by atoms with van der Waals surface area (Å²) in [5.41, 5.74) is -1.22. The Kier molecular flexibility index (Phi) is 4.22. The second kappa shape index (κ2) is 6.06. The number of hydrogen-bond acceptors (Lipinski definition) is 4. The molecule has 0 spiro atoms. The number of nitrogens with one attached hydrogen (secondary N) is 1. The monoisotopic (exact) mass is 398 g/mol. The molecule has 0 saturated carbocycles. The van der Waals surface area contributed by atoms with Crippen LogP contribution < -0.4 is 0 Å². The van der Waals surface area contributed by atoms with E-state index in [1.807, 2.05) is 6.07 Å². The predicted octanol–water partition coefficient (Wildman–Crippen LogP) is 3.01. The lowest BCUT2D eigenvalue weighted by molar-refractivity contribution is -0.164. The van der Waals surface area contributed by atoms with E-state index in [-0.39, 0.29) is 11.4 Å². The van der Waals surface area contributed by atoms with E-state index in [2.05, 4.69) is 31.2 Å². The van der Waals surface area contributed by atoms with Crippen LogP contribution in [0, 0.1) is 0 Å². The van der Waals surface area contributed by atoms with Gasteiger partial charge in [-0.05, 0) is 25.1 Å². The SMILES string of the molecule is CC1=NN(C(=O)c2cc(-c3cccc(Br)c3)n[nH]2)[C@@](O)(C(F)F)C1. The Balaban J connectivity index is 1.91. The molecule has 3 rings (SSSR count). The van der Waals surface area contributed by atoms with Gasteiger partial charge in [0.2, 0.25) is 5.72 Å². The number of carbonyl (C=O) groups excluding carboxylic acids is 1. The largest absolute Gasteiger partial charge is 0.364 e. The number of H-pyrrole nitrogens is 1. The van der Waals surface area contributed by atoms with E-state index in [9.17, 15) is 18.7 Å². The quantitative estimate of drug-likeness (QED) is 0.833. The molecule has 24 heavy (non-hydrogen) atoms. The zero-order valence-corrected chi connectivity index (χ0v) is 14.1. The highest BCUT2D eigenvalue weighted by atomic mass is 79.9. The molecule has 9 heteroatoms. The summed E-state index contributed by atoms with van der Waals surface area (Å²) >= 11 is 3.34. The molecule has 2 heterocycles. The molecule has 6 nitrogen and oxygen atoms in total. The van der Waals surface area contributed by atoms with Gasteiger partial charge in [-0.25, -0.2) is 8.78 Å². The van der Waals surface area contributed by atoms with Crippen molar-refractivity contribution >= 4 is 27.5 Å². The Morgan fingerprint density at radius 2 is 2.21 bits per heavy atom. The summed E-state index contributed by atoms with van der Waals surface area (Å²) in [5, 5.41) is 20.8. The first-order chi connectivity index (χ1) is 11.3. The van der Waals surface area contributed by atoms with Gasteiger partial charge in [0, 0.05) is 22.2 Å². The fourth-order valence-electron chi connectivity index (χ4n) is 2.48. The van der Waals surface area contributed by atoms with Crippen LogP contribution in [0.1, 0.15) is 23.8 Å². The fraction of sp³-hybridized carbons (Fsp3) is 0.267. The Bertz CT molecular complexity index is 823. The van der Waals surface area contributed by atoms with E-state index in [0.717, 1.165) is 10.0 Å². The third-order valence-electron chi connectivity index (χ3n) is 3.62. The number of hydrazone groups is 1. The van der Waals surface area contributed by atoms with E-state index in [0.29, 0.717) is 10.7 Å². The number of nitrogens with zero attached hydrogens (tertiary/aromatic N) is 3. The van der Waals surface area contributed by atoms with Crippen LogP contribution in [0.15, 0.2) is 39.9 Å². The van der Waals surface area contributed by atoms with Crippen molar-refractivity contribution in [1.82, 2.24) is 15.2 Å². The van der Waals surface area contributed by atoms with E-state index < -0.39 is 24.5 Å². The van der Waals surface area contributed by atoms with Gasteiger partial charge < -0.3 is 5.11 Å². The minimum Gasteiger partial charge on any atom is -0.364 e. The second-order valence-corrected chi connectivity index (χ2v) is 6.40. The maximum atomic E-state index is 13.2. The maximum Gasteiger partial charge on any atom is 0.294 e. The molecule has 1 aromatic carbocycles. The Morgan fingerprint density at radius 1 is 1.46 bits per heavy atom. The van der Waals surface area contributed by atoms with Crippen molar-refractivity contribution in [2.24, 2.45) is 5.10 Å².